The second-order valence-electron chi connectivity index (χ2n) is 7.54. The van der Waals surface area contributed by atoms with Crippen molar-refractivity contribution in [3.05, 3.63) is 53.9 Å². The first-order chi connectivity index (χ1) is 14.5. The molecule has 3 rings (SSSR count). The number of methoxy groups -OCH3 is 1. The summed E-state index contributed by atoms with van der Waals surface area (Å²) >= 11 is 0. The molecule has 0 spiro atoms. The second kappa shape index (κ2) is 9.71. The van der Waals surface area contributed by atoms with Crippen molar-refractivity contribution in [1.29, 1.82) is 0 Å². The van der Waals surface area contributed by atoms with Crippen LogP contribution in [0.3, 0.4) is 0 Å². The molecule has 3 aromatic rings. The molecule has 0 saturated carbocycles. The fourth-order valence-electron chi connectivity index (χ4n) is 3.70. The van der Waals surface area contributed by atoms with Gasteiger partial charge in [0.1, 0.15) is 5.75 Å². The molecule has 7 heteroatoms. The molecule has 0 radical (unpaired) electrons. The van der Waals surface area contributed by atoms with E-state index in [0.717, 1.165) is 35.4 Å². The van der Waals surface area contributed by atoms with Gasteiger partial charge in [0.05, 0.1) is 24.9 Å². The van der Waals surface area contributed by atoms with Crippen LogP contribution >= 0.6 is 0 Å². The molecule has 0 aliphatic heterocycles. The minimum Gasteiger partial charge on any atom is -0.497 e. The van der Waals surface area contributed by atoms with Crippen molar-refractivity contribution in [2.45, 2.75) is 39.8 Å². The first-order valence-electron chi connectivity index (χ1n) is 10.5. The predicted molar refractivity (Wildman–Crippen MR) is 119 cm³/mol. The number of hydrogen-bond donors (Lipinski definition) is 1. The Balaban J connectivity index is 1.79. The van der Waals surface area contributed by atoms with Crippen LogP contribution in [0.1, 0.15) is 55.7 Å². The molecule has 2 heterocycles. The van der Waals surface area contributed by atoms with E-state index in [1.165, 1.54) is 0 Å². The smallest absolute Gasteiger partial charge is 0.252 e. The zero-order valence-electron chi connectivity index (χ0n) is 18.4. The standard InChI is InChI=1S/C23H31N5O2/c1-6-27(7-2)21(17-9-8-10-20(12-17)30-5)15-25-23(29)19-11-18-14-26-28(16(3)4)22(18)24-13-19/h8-14,16,21H,6-7,15H2,1-5H3,(H,25,29). The van der Waals surface area contributed by atoms with E-state index in [0.29, 0.717) is 12.1 Å². The van der Waals surface area contributed by atoms with Gasteiger partial charge < -0.3 is 10.1 Å². The molecule has 1 unspecified atom stereocenters. The fraction of sp³-hybridized carbons (Fsp3) is 0.435. The average molecular weight is 410 g/mol. The molecular formula is C23H31N5O2. The van der Waals surface area contributed by atoms with Crippen molar-refractivity contribution in [2.75, 3.05) is 26.7 Å². The third-order valence-corrected chi connectivity index (χ3v) is 5.37. The van der Waals surface area contributed by atoms with E-state index in [1.807, 2.05) is 28.9 Å². The van der Waals surface area contributed by atoms with E-state index in [4.69, 9.17) is 4.74 Å². The Bertz CT molecular complexity index is 994. The molecular weight excluding hydrogens is 378 g/mol. The summed E-state index contributed by atoms with van der Waals surface area (Å²) in [4.78, 5) is 19.7. The lowest BCUT2D eigenvalue weighted by Crippen LogP contribution is -2.38. The summed E-state index contributed by atoms with van der Waals surface area (Å²) in [5, 5.41) is 8.33. The van der Waals surface area contributed by atoms with Crippen LogP contribution in [-0.4, -0.2) is 52.3 Å². The highest BCUT2D eigenvalue weighted by atomic mass is 16.5. The number of nitrogens with zero attached hydrogens (tertiary/aromatic N) is 4. The lowest BCUT2D eigenvalue weighted by atomic mass is 10.0. The van der Waals surface area contributed by atoms with Crippen molar-refractivity contribution in [3.8, 4) is 5.75 Å². The highest BCUT2D eigenvalue weighted by Gasteiger charge is 2.20. The Morgan fingerprint density at radius 3 is 2.63 bits per heavy atom. The molecule has 30 heavy (non-hydrogen) atoms. The van der Waals surface area contributed by atoms with E-state index < -0.39 is 0 Å². The molecule has 1 aromatic carbocycles. The largest absolute Gasteiger partial charge is 0.497 e. The number of rotatable bonds is 9. The predicted octanol–water partition coefficient (Wildman–Crippen LogP) is 3.83. The summed E-state index contributed by atoms with van der Waals surface area (Å²) in [5.74, 6) is 0.676. The van der Waals surface area contributed by atoms with Gasteiger partial charge in [0.15, 0.2) is 5.65 Å². The van der Waals surface area contributed by atoms with E-state index in [-0.39, 0.29) is 18.0 Å². The minimum absolute atomic E-state index is 0.0550. The van der Waals surface area contributed by atoms with Gasteiger partial charge in [0, 0.05) is 24.2 Å². The molecule has 1 amide bonds. The van der Waals surface area contributed by atoms with E-state index >= 15 is 0 Å². The summed E-state index contributed by atoms with van der Waals surface area (Å²) in [6.07, 6.45) is 3.38. The number of ether oxygens (including phenoxy) is 1. The van der Waals surface area contributed by atoms with Gasteiger partial charge in [-0.1, -0.05) is 26.0 Å². The van der Waals surface area contributed by atoms with Crippen LogP contribution in [0, 0.1) is 0 Å². The van der Waals surface area contributed by atoms with Gasteiger partial charge in [-0.05, 0) is 50.7 Å². The number of benzene rings is 1. The molecule has 1 N–H and O–H groups in total. The van der Waals surface area contributed by atoms with Crippen molar-refractivity contribution < 1.29 is 9.53 Å². The molecule has 0 fully saturated rings. The second-order valence-corrected chi connectivity index (χ2v) is 7.54. The maximum atomic E-state index is 12.9. The highest BCUT2D eigenvalue weighted by Crippen LogP contribution is 2.24. The summed E-state index contributed by atoms with van der Waals surface area (Å²) in [5.41, 5.74) is 2.44. The van der Waals surface area contributed by atoms with E-state index in [2.05, 4.69) is 54.1 Å². The number of likely N-dealkylation sites (N-methyl/N-ethyl adjacent to an activating group) is 1. The molecule has 1 atom stereocenters. The first kappa shape index (κ1) is 21.8. The summed E-state index contributed by atoms with van der Waals surface area (Å²) in [6, 6.07) is 10.1. The Morgan fingerprint density at radius 1 is 1.20 bits per heavy atom. The molecule has 7 nitrogen and oxygen atoms in total. The molecule has 0 bridgehead atoms. The number of aromatic nitrogens is 3. The van der Waals surface area contributed by atoms with Crippen LogP contribution in [0.4, 0.5) is 0 Å². The number of pyridine rings is 1. The van der Waals surface area contributed by atoms with Gasteiger partial charge in [0.25, 0.3) is 5.91 Å². The van der Waals surface area contributed by atoms with E-state index in [9.17, 15) is 4.79 Å². The summed E-state index contributed by atoms with van der Waals surface area (Å²) in [7, 11) is 1.66. The number of amides is 1. The normalized spacial score (nSPS) is 12.5. The molecule has 0 aliphatic carbocycles. The van der Waals surface area contributed by atoms with Crippen LogP contribution in [0.5, 0.6) is 5.75 Å². The zero-order valence-corrected chi connectivity index (χ0v) is 18.4. The number of hydrogen-bond acceptors (Lipinski definition) is 5. The number of nitrogens with one attached hydrogen (secondary N) is 1. The highest BCUT2D eigenvalue weighted by molar-refractivity contribution is 5.96. The fourth-order valence-corrected chi connectivity index (χ4v) is 3.70. The Kier molecular flexibility index (Phi) is 7.05. The third-order valence-electron chi connectivity index (χ3n) is 5.37. The molecule has 0 saturated heterocycles. The molecule has 2 aromatic heterocycles. The Hall–Kier alpha value is -2.93. The van der Waals surface area contributed by atoms with Gasteiger partial charge in [-0.15, -0.1) is 0 Å². The van der Waals surface area contributed by atoms with Gasteiger partial charge in [-0.25, -0.2) is 9.67 Å². The van der Waals surface area contributed by atoms with Crippen molar-refractivity contribution in [1.82, 2.24) is 25.0 Å². The lowest BCUT2D eigenvalue weighted by molar-refractivity contribution is 0.0934. The Labute approximate surface area is 178 Å². The SMILES string of the molecule is CCN(CC)C(CNC(=O)c1cnc2c(cnn2C(C)C)c1)c1cccc(OC)c1. The van der Waals surface area contributed by atoms with Crippen LogP contribution in [-0.2, 0) is 0 Å². The van der Waals surface area contributed by atoms with Gasteiger partial charge in [-0.3, -0.25) is 9.69 Å². The van der Waals surface area contributed by atoms with Gasteiger partial charge in [-0.2, -0.15) is 5.10 Å². The summed E-state index contributed by atoms with van der Waals surface area (Å²) < 4.78 is 7.24. The number of carbonyl (C=O) groups excluding carboxylic acids is 1. The van der Waals surface area contributed by atoms with Crippen molar-refractivity contribution >= 4 is 16.9 Å². The lowest BCUT2D eigenvalue weighted by Gasteiger charge is -2.30. The number of fused-ring (bicyclic) bond motifs is 1. The third kappa shape index (κ3) is 4.62. The van der Waals surface area contributed by atoms with Crippen LogP contribution < -0.4 is 10.1 Å². The van der Waals surface area contributed by atoms with Crippen LogP contribution in [0.2, 0.25) is 0 Å². The minimum atomic E-state index is -0.137. The molecule has 160 valence electrons. The van der Waals surface area contributed by atoms with E-state index in [1.54, 1.807) is 19.5 Å². The van der Waals surface area contributed by atoms with Crippen LogP contribution in [0.15, 0.2) is 42.7 Å². The van der Waals surface area contributed by atoms with Crippen molar-refractivity contribution in [3.63, 3.8) is 0 Å². The van der Waals surface area contributed by atoms with Crippen molar-refractivity contribution in [2.24, 2.45) is 0 Å². The van der Waals surface area contributed by atoms with Gasteiger partial charge in [0.2, 0.25) is 0 Å². The zero-order chi connectivity index (χ0) is 21.7. The quantitative estimate of drug-likeness (QED) is 0.581. The van der Waals surface area contributed by atoms with Gasteiger partial charge >= 0.3 is 0 Å². The summed E-state index contributed by atoms with van der Waals surface area (Å²) in [6.45, 7) is 10.6. The topological polar surface area (TPSA) is 72.3 Å². The number of carbonyl (C=O) groups is 1. The maximum Gasteiger partial charge on any atom is 0.252 e. The average Bonchev–Trinajstić information content (AvgIpc) is 3.20. The first-order valence-corrected chi connectivity index (χ1v) is 10.5. The Morgan fingerprint density at radius 2 is 1.97 bits per heavy atom. The monoisotopic (exact) mass is 409 g/mol. The maximum absolute atomic E-state index is 12.9. The molecule has 0 aliphatic rings. The van der Waals surface area contributed by atoms with Crippen LogP contribution in [0.25, 0.3) is 11.0 Å².